The smallest absolute Gasteiger partial charge is 0.406 e. The quantitative estimate of drug-likeness (QED) is 0.397. The van der Waals surface area contributed by atoms with E-state index in [2.05, 4.69) is 15.0 Å². The fourth-order valence-electron chi connectivity index (χ4n) is 4.65. The van der Waals surface area contributed by atoms with Crippen LogP contribution < -0.4 is 20.7 Å². The number of nitrogen functional groups attached to an aromatic ring is 1. The van der Waals surface area contributed by atoms with Gasteiger partial charge in [0.15, 0.2) is 0 Å². The number of hydrogen-bond acceptors (Lipinski definition) is 6. The summed E-state index contributed by atoms with van der Waals surface area (Å²) in [5, 5.41) is 2.74. The lowest BCUT2D eigenvalue weighted by Crippen LogP contribution is -2.70. The van der Waals surface area contributed by atoms with Crippen molar-refractivity contribution in [3.63, 3.8) is 0 Å². The molecule has 1 aliphatic rings. The minimum absolute atomic E-state index is 0.173. The van der Waals surface area contributed by atoms with Gasteiger partial charge in [0, 0.05) is 18.9 Å². The first-order valence-corrected chi connectivity index (χ1v) is 12.5. The number of carbonyl (C=O) groups is 3. The van der Waals surface area contributed by atoms with Crippen LogP contribution in [0.15, 0.2) is 72.9 Å². The average molecular weight is 556 g/mol. The maximum absolute atomic E-state index is 13.6. The van der Waals surface area contributed by atoms with Crippen molar-refractivity contribution in [3.8, 4) is 5.75 Å². The third-order valence-electron chi connectivity index (χ3n) is 6.68. The molecule has 4 rings (SSSR count). The molecule has 12 heteroatoms. The van der Waals surface area contributed by atoms with Crippen LogP contribution in [0.4, 0.5) is 29.5 Å². The molecule has 0 aliphatic carbocycles. The average Bonchev–Trinajstić information content (AvgIpc) is 2.92. The molecule has 40 heavy (non-hydrogen) atoms. The van der Waals surface area contributed by atoms with Crippen LogP contribution in [0.5, 0.6) is 5.75 Å². The Balaban J connectivity index is 1.55. The van der Waals surface area contributed by atoms with Gasteiger partial charge in [0.25, 0.3) is 5.91 Å². The number of aromatic nitrogens is 1. The summed E-state index contributed by atoms with van der Waals surface area (Å²) in [5.41, 5.74) is 7.57. The van der Waals surface area contributed by atoms with Crippen molar-refractivity contribution in [3.05, 3.63) is 84.1 Å². The van der Waals surface area contributed by atoms with E-state index < -0.39 is 48.0 Å². The number of ether oxygens (including phenoxy) is 1. The molecule has 0 spiro atoms. The van der Waals surface area contributed by atoms with Crippen molar-refractivity contribution in [2.45, 2.75) is 38.2 Å². The number of halogens is 3. The molecule has 210 valence electrons. The van der Waals surface area contributed by atoms with E-state index in [4.69, 9.17) is 5.73 Å². The standard InChI is InChI=1S/C28H28F3N5O4/c1-3-22(18-9-11-20(12-10-18)40-28(29,30)31)34-27(39)36-24(26(38)35(2)19-7-5-4-6-8-19)21(25(36)37)15-17-13-14-33-23(32)16-17/h4-14,16,21-22,24H,3,15H2,1-2H3,(H2,32,33)(H,34,39)/t21-,22?,24+/m1/s1. The van der Waals surface area contributed by atoms with Crippen molar-refractivity contribution in [1.29, 1.82) is 0 Å². The minimum atomic E-state index is -4.83. The van der Waals surface area contributed by atoms with Gasteiger partial charge in [-0.15, -0.1) is 13.2 Å². The zero-order chi connectivity index (χ0) is 29.0. The van der Waals surface area contributed by atoms with Gasteiger partial charge in [-0.05, 0) is 60.4 Å². The number of imide groups is 1. The van der Waals surface area contributed by atoms with Crippen molar-refractivity contribution in [2.24, 2.45) is 5.92 Å². The van der Waals surface area contributed by atoms with Gasteiger partial charge in [0.2, 0.25) is 5.91 Å². The lowest BCUT2D eigenvalue weighted by atomic mass is 9.81. The Hall–Kier alpha value is -4.61. The molecule has 0 saturated carbocycles. The summed E-state index contributed by atoms with van der Waals surface area (Å²) in [7, 11) is 1.57. The lowest BCUT2D eigenvalue weighted by molar-refractivity contribution is -0.274. The van der Waals surface area contributed by atoms with E-state index in [-0.39, 0.29) is 12.2 Å². The van der Waals surface area contributed by atoms with Crippen LogP contribution in [0.2, 0.25) is 0 Å². The summed E-state index contributed by atoms with van der Waals surface area (Å²) in [6, 6.07) is 14.7. The number of carbonyl (C=O) groups excluding carboxylic acids is 3. The largest absolute Gasteiger partial charge is 0.573 e. The molecule has 3 N–H and O–H groups in total. The maximum Gasteiger partial charge on any atom is 0.573 e. The molecule has 2 heterocycles. The number of nitrogens with one attached hydrogen (secondary N) is 1. The predicted molar refractivity (Wildman–Crippen MR) is 141 cm³/mol. The van der Waals surface area contributed by atoms with E-state index in [9.17, 15) is 27.6 Å². The number of likely N-dealkylation sites (N-methyl/N-ethyl adjacent to an activating group) is 1. The first-order chi connectivity index (χ1) is 19.0. The zero-order valence-electron chi connectivity index (χ0n) is 21.8. The van der Waals surface area contributed by atoms with Gasteiger partial charge >= 0.3 is 12.4 Å². The molecule has 4 amide bonds. The van der Waals surface area contributed by atoms with Gasteiger partial charge in [-0.2, -0.15) is 0 Å². The predicted octanol–water partition coefficient (Wildman–Crippen LogP) is 4.46. The Kier molecular flexibility index (Phi) is 8.26. The van der Waals surface area contributed by atoms with Crippen LogP contribution in [0.25, 0.3) is 0 Å². The number of hydrogen-bond donors (Lipinski definition) is 2. The summed E-state index contributed by atoms with van der Waals surface area (Å²) in [6.07, 6.45) is -2.78. The number of para-hydroxylation sites is 1. The first kappa shape index (κ1) is 28.4. The SMILES string of the molecule is CCC(NC(=O)N1C(=O)[C@H](Cc2ccnc(N)c2)[C@H]1C(=O)N(C)c1ccccc1)c1ccc(OC(F)(F)F)cc1. The normalized spacial score (nSPS) is 17.5. The monoisotopic (exact) mass is 555 g/mol. The van der Waals surface area contributed by atoms with E-state index in [0.717, 1.165) is 17.0 Å². The molecule has 3 atom stereocenters. The Morgan fingerprint density at radius 1 is 1.12 bits per heavy atom. The number of benzene rings is 2. The third kappa shape index (κ3) is 6.33. The van der Waals surface area contributed by atoms with Gasteiger partial charge < -0.3 is 20.7 Å². The summed E-state index contributed by atoms with van der Waals surface area (Å²) in [6.45, 7) is 1.77. The number of rotatable bonds is 8. The van der Waals surface area contributed by atoms with Crippen LogP contribution >= 0.6 is 0 Å². The molecule has 1 saturated heterocycles. The minimum Gasteiger partial charge on any atom is -0.406 e. The van der Waals surface area contributed by atoms with E-state index in [1.165, 1.54) is 23.2 Å². The van der Waals surface area contributed by atoms with E-state index in [1.54, 1.807) is 56.4 Å². The highest BCUT2D eigenvalue weighted by atomic mass is 19.4. The van der Waals surface area contributed by atoms with E-state index in [1.807, 2.05) is 0 Å². The van der Waals surface area contributed by atoms with Crippen molar-refractivity contribution in [2.75, 3.05) is 17.7 Å². The van der Waals surface area contributed by atoms with Crippen molar-refractivity contribution in [1.82, 2.24) is 15.2 Å². The van der Waals surface area contributed by atoms with Crippen LogP contribution in [-0.2, 0) is 16.0 Å². The number of nitrogens with two attached hydrogens (primary N) is 1. The van der Waals surface area contributed by atoms with Gasteiger partial charge in [-0.1, -0.05) is 37.3 Å². The van der Waals surface area contributed by atoms with Crippen LogP contribution in [0.1, 0.15) is 30.5 Å². The number of amides is 4. The highest BCUT2D eigenvalue weighted by Gasteiger charge is 2.55. The second kappa shape index (κ2) is 11.6. The number of pyridine rings is 1. The van der Waals surface area contributed by atoms with Gasteiger partial charge in [-0.25, -0.2) is 9.78 Å². The van der Waals surface area contributed by atoms with E-state index in [0.29, 0.717) is 23.2 Å². The number of likely N-dealkylation sites (tertiary alicyclic amines) is 1. The summed E-state index contributed by atoms with van der Waals surface area (Å²) in [5.74, 6) is -1.93. The van der Waals surface area contributed by atoms with Gasteiger partial charge in [0.1, 0.15) is 17.6 Å². The molecule has 1 aliphatic heterocycles. The molecule has 0 bridgehead atoms. The molecule has 3 aromatic rings. The molecule has 1 unspecified atom stereocenters. The second-order valence-electron chi connectivity index (χ2n) is 9.31. The van der Waals surface area contributed by atoms with E-state index >= 15 is 0 Å². The zero-order valence-corrected chi connectivity index (χ0v) is 21.8. The molecular formula is C28H28F3N5O4. The fourth-order valence-corrected chi connectivity index (χ4v) is 4.65. The second-order valence-corrected chi connectivity index (χ2v) is 9.31. The summed E-state index contributed by atoms with van der Waals surface area (Å²) in [4.78, 5) is 46.5. The number of alkyl halides is 3. The van der Waals surface area contributed by atoms with Gasteiger partial charge in [0.05, 0.1) is 12.0 Å². The third-order valence-corrected chi connectivity index (χ3v) is 6.68. The van der Waals surface area contributed by atoms with Gasteiger partial charge in [-0.3, -0.25) is 14.5 Å². The Labute approximate surface area is 228 Å². The Morgan fingerprint density at radius 3 is 2.40 bits per heavy atom. The Morgan fingerprint density at radius 2 is 1.80 bits per heavy atom. The first-order valence-electron chi connectivity index (χ1n) is 12.5. The lowest BCUT2D eigenvalue weighted by Gasteiger charge is -2.46. The number of β-lactam (4-membered cyclic amide) rings is 1. The molecular weight excluding hydrogens is 527 g/mol. The van der Waals surface area contributed by atoms with Crippen molar-refractivity contribution >= 4 is 29.4 Å². The molecule has 0 radical (unpaired) electrons. The Bertz CT molecular complexity index is 1370. The summed E-state index contributed by atoms with van der Waals surface area (Å²) < 4.78 is 41.4. The maximum atomic E-state index is 13.6. The molecule has 1 fully saturated rings. The topological polar surface area (TPSA) is 118 Å². The molecule has 1 aromatic heterocycles. The number of nitrogens with zero attached hydrogens (tertiary/aromatic N) is 3. The number of anilines is 2. The molecule has 9 nitrogen and oxygen atoms in total. The number of urea groups is 1. The summed E-state index contributed by atoms with van der Waals surface area (Å²) >= 11 is 0. The highest BCUT2D eigenvalue weighted by Crippen LogP contribution is 2.34. The van der Waals surface area contributed by atoms with Crippen molar-refractivity contribution < 1.29 is 32.3 Å². The molecule has 2 aromatic carbocycles. The van der Waals surface area contributed by atoms with Crippen LogP contribution in [0, 0.1) is 5.92 Å². The van der Waals surface area contributed by atoms with Crippen LogP contribution in [-0.4, -0.2) is 47.2 Å². The highest BCUT2D eigenvalue weighted by molar-refractivity contribution is 6.12. The van der Waals surface area contributed by atoms with Crippen LogP contribution in [0.3, 0.4) is 0 Å². The fraction of sp³-hybridized carbons (Fsp3) is 0.286.